The van der Waals surface area contributed by atoms with Gasteiger partial charge in [-0.05, 0) is 31.0 Å². The largest absolute Gasteiger partial charge is 0.375 e. The molecule has 3 aromatic rings. The average molecular weight is 448 g/mol. The summed E-state index contributed by atoms with van der Waals surface area (Å²) < 4.78 is 1.98. The van der Waals surface area contributed by atoms with Gasteiger partial charge in [0.25, 0.3) is 0 Å². The second kappa shape index (κ2) is 11.5. The fourth-order valence-electron chi connectivity index (χ4n) is 3.54. The normalized spacial score (nSPS) is 12.0. The van der Waals surface area contributed by atoms with Crippen LogP contribution in [0.1, 0.15) is 37.5 Å². The maximum absolute atomic E-state index is 4.80. The van der Waals surface area contributed by atoms with E-state index in [0.29, 0.717) is 6.54 Å². The first-order chi connectivity index (χ1) is 15.9. The second-order valence-electron chi connectivity index (χ2n) is 9.03. The minimum atomic E-state index is -0.0292. The van der Waals surface area contributed by atoms with Crippen LogP contribution < -0.4 is 15.5 Å². The minimum Gasteiger partial charge on any atom is -0.375 e. The van der Waals surface area contributed by atoms with E-state index >= 15 is 0 Å². The summed E-state index contributed by atoms with van der Waals surface area (Å²) in [5, 5.41) is 15.4. The quantitative estimate of drug-likeness (QED) is 0.282. The molecule has 176 valence electrons. The van der Waals surface area contributed by atoms with Crippen LogP contribution in [0, 0.1) is 6.92 Å². The number of anilines is 1. The Bertz CT molecular complexity index is 1010. The van der Waals surface area contributed by atoms with Crippen molar-refractivity contribution in [1.82, 2.24) is 25.4 Å². The zero-order chi connectivity index (χ0) is 23.7. The van der Waals surface area contributed by atoms with Gasteiger partial charge in [0.15, 0.2) is 11.8 Å². The first-order valence-electron chi connectivity index (χ1n) is 11.6. The van der Waals surface area contributed by atoms with Crippen molar-refractivity contribution in [3.05, 3.63) is 77.9 Å². The van der Waals surface area contributed by atoms with Gasteiger partial charge in [-0.25, -0.2) is 4.99 Å². The molecule has 7 heteroatoms. The van der Waals surface area contributed by atoms with Crippen LogP contribution in [-0.4, -0.2) is 47.4 Å². The van der Waals surface area contributed by atoms with Gasteiger partial charge in [0.05, 0.1) is 0 Å². The lowest BCUT2D eigenvalue weighted by Gasteiger charge is -2.27. The van der Waals surface area contributed by atoms with E-state index < -0.39 is 0 Å². The molecule has 0 spiro atoms. The first kappa shape index (κ1) is 24.3. The van der Waals surface area contributed by atoms with E-state index in [0.717, 1.165) is 43.7 Å². The molecule has 0 atom stereocenters. The number of aliphatic imine (C=N–C) groups is 1. The number of guanidine groups is 1. The number of nitrogens with one attached hydrogen (secondary N) is 2. The summed E-state index contributed by atoms with van der Waals surface area (Å²) in [4.78, 5) is 7.07. The Morgan fingerprint density at radius 2 is 1.67 bits per heavy atom. The summed E-state index contributed by atoms with van der Waals surface area (Å²) in [5.74, 6) is 2.53. The van der Waals surface area contributed by atoms with Crippen LogP contribution in [0.3, 0.4) is 0 Å². The van der Waals surface area contributed by atoms with Crippen molar-refractivity contribution in [2.45, 2.75) is 39.2 Å². The van der Waals surface area contributed by atoms with Gasteiger partial charge < -0.3 is 20.1 Å². The van der Waals surface area contributed by atoms with Crippen LogP contribution in [0.15, 0.2) is 65.7 Å². The molecule has 2 N–H and O–H groups in total. The number of hydrogen-bond acceptors (Lipinski definition) is 4. The van der Waals surface area contributed by atoms with Crippen molar-refractivity contribution in [3.63, 3.8) is 0 Å². The predicted octanol–water partition coefficient (Wildman–Crippen LogP) is 3.66. The van der Waals surface area contributed by atoms with Crippen LogP contribution in [-0.2, 0) is 19.0 Å². The minimum absolute atomic E-state index is 0.0292. The van der Waals surface area contributed by atoms with Crippen molar-refractivity contribution in [1.29, 1.82) is 0 Å². The highest BCUT2D eigenvalue weighted by Crippen LogP contribution is 2.21. The zero-order valence-corrected chi connectivity index (χ0v) is 20.5. The number of aryl methyl sites for hydroxylation is 1. The fourth-order valence-corrected chi connectivity index (χ4v) is 3.54. The van der Waals surface area contributed by atoms with Crippen LogP contribution in [0.5, 0.6) is 0 Å². The number of para-hydroxylation sites is 1. The van der Waals surface area contributed by atoms with Crippen LogP contribution in [0.4, 0.5) is 5.69 Å². The Labute approximate surface area is 198 Å². The first-order valence-corrected chi connectivity index (χ1v) is 11.6. The molecule has 7 nitrogen and oxygen atoms in total. The van der Waals surface area contributed by atoms with E-state index in [2.05, 4.69) is 101 Å². The molecule has 2 aromatic carbocycles. The number of rotatable bonds is 10. The highest BCUT2D eigenvalue weighted by atomic mass is 15.3. The lowest BCUT2D eigenvalue weighted by molar-refractivity contribution is 0.507. The lowest BCUT2D eigenvalue weighted by Crippen LogP contribution is -2.44. The maximum Gasteiger partial charge on any atom is 0.191 e. The zero-order valence-electron chi connectivity index (χ0n) is 20.5. The Kier molecular flexibility index (Phi) is 8.46. The molecule has 0 saturated carbocycles. The third-order valence-corrected chi connectivity index (χ3v) is 5.97. The Morgan fingerprint density at radius 1 is 1.00 bits per heavy atom. The summed E-state index contributed by atoms with van der Waals surface area (Å²) in [5.41, 5.74) is 2.50. The molecule has 0 fully saturated rings. The van der Waals surface area contributed by atoms with E-state index in [4.69, 9.17) is 4.99 Å². The Hall–Kier alpha value is -3.35. The molecule has 3 rings (SSSR count). The molecule has 33 heavy (non-hydrogen) atoms. The molecule has 0 unspecified atom stereocenters. The monoisotopic (exact) mass is 447 g/mol. The smallest absolute Gasteiger partial charge is 0.191 e. The number of hydrogen-bond donors (Lipinski definition) is 2. The molecule has 0 radical (unpaired) electrons. The van der Waals surface area contributed by atoms with Gasteiger partial charge in [0.1, 0.15) is 12.4 Å². The van der Waals surface area contributed by atoms with Crippen LogP contribution in [0.2, 0.25) is 0 Å². The highest BCUT2D eigenvalue weighted by Gasteiger charge is 2.20. The molecule has 0 saturated heterocycles. The standard InChI is InChI=1S/C26H37N7/c1-21-30-31-24(33(21)5)19-28-25(29-20-26(2,3)22-13-8-6-9-14-22)27-17-12-18-32(4)23-15-10-7-11-16-23/h6-11,13-16H,12,17-20H2,1-5H3,(H2,27,28,29). The van der Waals surface area contributed by atoms with Gasteiger partial charge in [-0.1, -0.05) is 62.4 Å². The van der Waals surface area contributed by atoms with E-state index in [1.165, 1.54) is 11.3 Å². The molecular formula is C26H37N7. The Morgan fingerprint density at radius 3 is 2.30 bits per heavy atom. The van der Waals surface area contributed by atoms with Gasteiger partial charge in [0, 0.05) is 44.8 Å². The van der Waals surface area contributed by atoms with Crippen molar-refractivity contribution in [2.24, 2.45) is 12.0 Å². The average Bonchev–Trinajstić information content (AvgIpc) is 3.16. The number of benzene rings is 2. The maximum atomic E-state index is 4.80. The molecule has 0 bridgehead atoms. The number of nitrogens with zero attached hydrogens (tertiary/aromatic N) is 5. The molecule has 1 heterocycles. The van der Waals surface area contributed by atoms with Gasteiger partial charge in [-0.3, -0.25) is 0 Å². The second-order valence-corrected chi connectivity index (χ2v) is 9.03. The summed E-state index contributed by atoms with van der Waals surface area (Å²) in [6.07, 6.45) is 0.997. The molecule has 0 amide bonds. The number of aromatic nitrogens is 3. The topological polar surface area (TPSA) is 70.4 Å². The van der Waals surface area contributed by atoms with Crippen LogP contribution in [0.25, 0.3) is 0 Å². The summed E-state index contributed by atoms with van der Waals surface area (Å²) in [7, 11) is 4.10. The fraction of sp³-hybridized carbons (Fsp3) is 0.423. The molecule has 1 aromatic heterocycles. The van der Waals surface area contributed by atoms with E-state index in [-0.39, 0.29) is 5.41 Å². The van der Waals surface area contributed by atoms with Gasteiger partial charge >= 0.3 is 0 Å². The van der Waals surface area contributed by atoms with Crippen molar-refractivity contribution < 1.29 is 0 Å². The molecular weight excluding hydrogens is 410 g/mol. The highest BCUT2D eigenvalue weighted by molar-refractivity contribution is 5.79. The summed E-state index contributed by atoms with van der Waals surface area (Å²) in [6.45, 7) is 9.46. The molecule has 0 aliphatic carbocycles. The van der Waals surface area contributed by atoms with Crippen molar-refractivity contribution in [2.75, 3.05) is 31.6 Å². The molecule has 0 aliphatic rings. The van der Waals surface area contributed by atoms with Crippen molar-refractivity contribution in [3.8, 4) is 0 Å². The predicted molar refractivity (Wildman–Crippen MR) is 137 cm³/mol. The SMILES string of the molecule is Cc1nnc(CN=C(NCCCN(C)c2ccccc2)NCC(C)(C)c2ccccc2)n1C. The summed E-state index contributed by atoms with van der Waals surface area (Å²) in [6, 6.07) is 21.0. The third-order valence-electron chi connectivity index (χ3n) is 5.97. The van der Waals surface area contributed by atoms with Gasteiger partial charge in [0.2, 0.25) is 0 Å². The third kappa shape index (κ3) is 7.07. The summed E-state index contributed by atoms with van der Waals surface area (Å²) >= 11 is 0. The van der Waals surface area contributed by atoms with Crippen LogP contribution >= 0.6 is 0 Å². The van der Waals surface area contributed by atoms with E-state index in [1.54, 1.807) is 0 Å². The van der Waals surface area contributed by atoms with E-state index in [1.807, 2.05) is 24.6 Å². The van der Waals surface area contributed by atoms with Gasteiger partial charge in [-0.15, -0.1) is 10.2 Å². The van der Waals surface area contributed by atoms with Crippen molar-refractivity contribution >= 4 is 11.6 Å². The van der Waals surface area contributed by atoms with E-state index in [9.17, 15) is 0 Å². The lowest BCUT2D eigenvalue weighted by atomic mass is 9.85. The molecule has 0 aliphatic heterocycles. The van der Waals surface area contributed by atoms with Gasteiger partial charge in [-0.2, -0.15) is 0 Å². The Balaban J connectivity index is 1.59.